The number of hydrogen-bond donors (Lipinski definition) is 3. The summed E-state index contributed by atoms with van der Waals surface area (Å²) in [5.74, 6) is 0.656. The number of aromatic hydroxyl groups is 1. The van der Waals surface area contributed by atoms with Gasteiger partial charge in [-0.2, -0.15) is 0 Å². The minimum Gasteiger partial charge on any atom is -0.506 e. The van der Waals surface area contributed by atoms with Crippen LogP contribution in [0.5, 0.6) is 5.75 Å². The van der Waals surface area contributed by atoms with Gasteiger partial charge in [0.2, 0.25) is 0 Å². The number of hydrogen-bond acceptors (Lipinski definition) is 3. The van der Waals surface area contributed by atoms with E-state index in [1.807, 2.05) is 12.1 Å². The Labute approximate surface area is 83.9 Å². The molecular weight excluding hydrogens is 176 g/mol. The van der Waals surface area contributed by atoms with Gasteiger partial charge in [0.1, 0.15) is 5.75 Å². The topological polar surface area (TPSA) is 58.3 Å². The van der Waals surface area contributed by atoms with E-state index in [0.29, 0.717) is 11.6 Å². The lowest BCUT2D eigenvalue weighted by molar-refractivity contribution is 0.455. The predicted molar refractivity (Wildman–Crippen MR) is 57.4 cm³/mol. The van der Waals surface area contributed by atoms with E-state index < -0.39 is 0 Å². The Hall–Kier alpha value is -1.22. The van der Waals surface area contributed by atoms with E-state index in [1.165, 1.54) is 6.42 Å². The van der Waals surface area contributed by atoms with Crippen LogP contribution in [-0.2, 0) is 0 Å². The van der Waals surface area contributed by atoms with Crippen LogP contribution in [-0.4, -0.2) is 18.2 Å². The molecule has 1 saturated heterocycles. The summed E-state index contributed by atoms with van der Waals surface area (Å²) in [4.78, 5) is 0. The Kier molecular flexibility index (Phi) is 2.59. The molecule has 0 aromatic heterocycles. The smallest absolute Gasteiger partial charge is 0.138 e. The van der Waals surface area contributed by atoms with Gasteiger partial charge >= 0.3 is 0 Å². The van der Waals surface area contributed by atoms with Crippen molar-refractivity contribution in [3.8, 4) is 5.75 Å². The molecule has 0 spiro atoms. The highest BCUT2D eigenvalue weighted by molar-refractivity contribution is 5.59. The van der Waals surface area contributed by atoms with Gasteiger partial charge in [0.15, 0.2) is 0 Å². The summed E-state index contributed by atoms with van der Waals surface area (Å²) in [6.07, 6.45) is 2.33. The van der Waals surface area contributed by atoms with Crippen LogP contribution in [0.3, 0.4) is 0 Å². The van der Waals surface area contributed by atoms with Crippen molar-refractivity contribution in [2.45, 2.75) is 18.8 Å². The zero-order valence-corrected chi connectivity index (χ0v) is 8.16. The minimum absolute atomic E-state index is 0.202. The largest absolute Gasteiger partial charge is 0.506 e. The molecule has 0 saturated carbocycles. The summed E-state index contributed by atoms with van der Waals surface area (Å²) in [6, 6.07) is 5.50. The first-order valence-electron chi connectivity index (χ1n) is 5.07. The number of phenols is 1. The highest BCUT2D eigenvalue weighted by Gasteiger charge is 2.18. The van der Waals surface area contributed by atoms with Crippen molar-refractivity contribution in [2.24, 2.45) is 0 Å². The quantitative estimate of drug-likeness (QED) is 0.466. The summed E-state index contributed by atoms with van der Waals surface area (Å²) in [6.45, 7) is 2.06. The second-order valence-corrected chi connectivity index (χ2v) is 3.82. The summed E-state index contributed by atoms with van der Waals surface area (Å²) >= 11 is 0. The maximum atomic E-state index is 9.49. The van der Waals surface area contributed by atoms with Gasteiger partial charge in [0, 0.05) is 6.54 Å². The number of nitrogen functional groups attached to an aromatic ring is 1. The van der Waals surface area contributed by atoms with Crippen molar-refractivity contribution in [3.05, 3.63) is 23.8 Å². The number of nitrogens with two attached hydrogens (primary N) is 1. The maximum Gasteiger partial charge on any atom is 0.138 e. The van der Waals surface area contributed by atoms with Crippen LogP contribution in [0, 0.1) is 0 Å². The van der Waals surface area contributed by atoms with Gasteiger partial charge in [0.25, 0.3) is 0 Å². The van der Waals surface area contributed by atoms with Crippen LogP contribution in [0.1, 0.15) is 24.3 Å². The molecule has 4 N–H and O–H groups in total. The van der Waals surface area contributed by atoms with Crippen LogP contribution in [0.2, 0.25) is 0 Å². The zero-order valence-electron chi connectivity index (χ0n) is 8.16. The van der Waals surface area contributed by atoms with Crippen LogP contribution in [0.4, 0.5) is 5.69 Å². The molecule has 0 amide bonds. The molecule has 1 aromatic carbocycles. The van der Waals surface area contributed by atoms with Crippen LogP contribution >= 0.6 is 0 Å². The number of rotatable bonds is 1. The minimum atomic E-state index is 0.202. The Balaban J connectivity index is 2.26. The molecule has 3 nitrogen and oxygen atoms in total. The molecule has 1 fully saturated rings. The fraction of sp³-hybridized carbons (Fsp3) is 0.455. The molecule has 1 aliphatic heterocycles. The fourth-order valence-corrected chi connectivity index (χ4v) is 2.04. The highest BCUT2D eigenvalue weighted by Crippen LogP contribution is 2.32. The Morgan fingerprint density at radius 3 is 3.00 bits per heavy atom. The van der Waals surface area contributed by atoms with Gasteiger partial charge in [-0.3, -0.25) is 0 Å². The third-order valence-electron chi connectivity index (χ3n) is 2.85. The molecule has 0 bridgehead atoms. The third-order valence-corrected chi connectivity index (χ3v) is 2.85. The second-order valence-electron chi connectivity index (χ2n) is 3.82. The molecule has 0 aliphatic carbocycles. The molecule has 1 atom stereocenters. The molecule has 76 valence electrons. The van der Waals surface area contributed by atoms with E-state index in [2.05, 4.69) is 5.32 Å². The Morgan fingerprint density at radius 1 is 1.43 bits per heavy atom. The number of benzene rings is 1. The van der Waals surface area contributed by atoms with Crippen molar-refractivity contribution in [1.29, 1.82) is 0 Å². The molecular formula is C11H16N2O. The average molecular weight is 192 g/mol. The molecule has 1 aliphatic rings. The summed E-state index contributed by atoms with van der Waals surface area (Å²) < 4.78 is 0. The van der Waals surface area contributed by atoms with Crippen molar-refractivity contribution in [1.82, 2.24) is 5.32 Å². The SMILES string of the molecule is Nc1c(O)cccc1C1CCCNC1. The first kappa shape index (κ1) is 9.34. The first-order valence-corrected chi connectivity index (χ1v) is 5.07. The lowest BCUT2D eigenvalue weighted by Gasteiger charge is -2.24. The van der Waals surface area contributed by atoms with Crippen LogP contribution in [0.15, 0.2) is 18.2 Å². The number of anilines is 1. The second kappa shape index (κ2) is 3.88. The fourth-order valence-electron chi connectivity index (χ4n) is 2.04. The van der Waals surface area contributed by atoms with Crippen molar-refractivity contribution >= 4 is 5.69 Å². The molecule has 3 heteroatoms. The average Bonchev–Trinajstić information content (AvgIpc) is 2.23. The van der Waals surface area contributed by atoms with Crippen molar-refractivity contribution < 1.29 is 5.11 Å². The molecule has 1 unspecified atom stereocenters. The standard InChI is InChI=1S/C11H16N2O/c12-11-9(4-1-5-10(11)14)8-3-2-6-13-7-8/h1,4-5,8,13-14H,2-3,6-7,12H2. The van der Waals surface area contributed by atoms with Crippen LogP contribution in [0.25, 0.3) is 0 Å². The monoisotopic (exact) mass is 192 g/mol. The molecule has 1 heterocycles. The van der Waals surface area contributed by atoms with Gasteiger partial charge in [0.05, 0.1) is 5.69 Å². The van der Waals surface area contributed by atoms with Crippen molar-refractivity contribution in [3.63, 3.8) is 0 Å². The maximum absolute atomic E-state index is 9.49. The van der Waals surface area contributed by atoms with Gasteiger partial charge in [-0.05, 0) is 36.9 Å². The molecule has 14 heavy (non-hydrogen) atoms. The number of phenolic OH excluding ortho intramolecular Hbond substituents is 1. The third kappa shape index (κ3) is 1.68. The van der Waals surface area contributed by atoms with E-state index in [1.54, 1.807) is 6.07 Å². The molecule has 1 aromatic rings. The lowest BCUT2D eigenvalue weighted by atomic mass is 9.90. The normalized spacial score (nSPS) is 22.1. The lowest BCUT2D eigenvalue weighted by Crippen LogP contribution is -2.28. The van der Waals surface area contributed by atoms with E-state index in [0.717, 1.165) is 25.1 Å². The Bertz CT molecular complexity index is 319. The number of piperidine rings is 1. The zero-order chi connectivity index (χ0) is 9.97. The van der Waals surface area contributed by atoms with Gasteiger partial charge in [-0.25, -0.2) is 0 Å². The van der Waals surface area contributed by atoms with Gasteiger partial charge in [-0.1, -0.05) is 12.1 Å². The van der Waals surface area contributed by atoms with E-state index >= 15 is 0 Å². The summed E-state index contributed by atoms with van der Waals surface area (Å²) in [5.41, 5.74) is 7.46. The summed E-state index contributed by atoms with van der Waals surface area (Å²) in [7, 11) is 0. The van der Waals surface area contributed by atoms with E-state index in [4.69, 9.17) is 5.73 Å². The number of nitrogens with one attached hydrogen (secondary N) is 1. The number of para-hydroxylation sites is 1. The highest BCUT2D eigenvalue weighted by atomic mass is 16.3. The van der Waals surface area contributed by atoms with E-state index in [-0.39, 0.29) is 5.75 Å². The van der Waals surface area contributed by atoms with E-state index in [9.17, 15) is 5.11 Å². The van der Waals surface area contributed by atoms with Crippen molar-refractivity contribution in [2.75, 3.05) is 18.8 Å². The van der Waals surface area contributed by atoms with Gasteiger partial charge < -0.3 is 16.2 Å². The molecule has 2 rings (SSSR count). The summed E-state index contributed by atoms with van der Waals surface area (Å²) in [5, 5.41) is 12.8. The first-order chi connectivity index (χ1) is 6.79. The molecule has 0 radical (unpaired) electrons. The predicted octanol–water partition coefficient (Wildman–Crippen LogP) is 1.44. The van der Waals surface area contributed by atoms with Crippen LogP contribution < -0.4 is 11.1 Å². The van der Waals surface area contributed by atoms with Gasteiger partial charge in [-0.15, -0.1) is 0 Å². The Morgan fingerprint density at radius 2 is 2.29 bits per heavy atom.